The standard InChI is InChI=1S/C31H31FN6O/c32-27-6-2-4-23(13-27)18-38-19-26(16-36-38)29-17-35-31-28(29)14-25(15-34-31)24-5-1-3-22(12-24)11-21-7-9-37(10-8-21)20-30(33)39/h1-6,12-17,19,21H,7-11,18,20H2,(H2,33,39)(H,34,35). The second-order valence-electron chi connectivity index (χ2n) is 10.5. The summed E-state index contributed by atoms with van der Waals surface area (Å²) in [6, 6.07) is 17.5. The molecule has 1 saturated heterocycles. The maximum absolute atomic E-state index is 13.6. The van der Waals surface area contributed by atoms with Gasteiger partial charge in [0.15, 0.2) is 0 Å². The molecule has 39 heavy (non-hydrogen) atoms. The Morgan fingerprint density at radius 3 is 2.64 bits per heavy atom. The zero-order chi connectivity index (χ0) is 26.8. The highest BCUT2D eigenvalue weighted by Crippen LogP contribution is 2.32. The third kappa shape index (κ3) is 5.76. The molecule has 2 aromatic carbocycles. The van der Waals surface area contributed by atoms with Crippen molar-refractivity contribution in [2.75, 3.05) is 19.6 Å². The van der Waals surface area contributed by atoms with Crippen molar-refractivity contribution in [3.05, 3.63) is 96.3 Å². The van der Waals surface area contributed by atoms with Crippen LogP contribution in [0.3, 0.4) is 0 Å². The number of hydrogen-bond donors (Lipinski definition) is 2. The summed E-state index contributed by atoms with van der Waals surface area (Å²) in [5.41, 5.74) is 12.6. The first-order valence-electron chi connectivity index (χ1n) is 13.3. The summed E-state index contributed by atoms with van der Waals surface area (Å²) in [4.78, 5) is 21.3. The van der Waals surface area contributed by atoms with Gasteiger partial charge in [-0.25, -0.2) is 9.37 Å². The Morgan fingerprint density at radius 1 is 1.00 bits per heavy atom. The summed E-state index contributed by atoms with van der Waals surface area (Å²) < 4.78 is 15.4. The van der Waals surface area contributed by atoms with Gasteiger partial charge >= 0.3 is 0 Å². The van der Waals surface area contributed by atoms with E-state index in [1.807, 2.05) is 35.5 Å². The Morgan fingerprint density at radius 2 is 1.82 bits per heavy atom. The zero-order valence-electron chi connectivity index (χ0n) is 21.7. The molecule has 0 unspecified atom stereocenters. The largest absolute Gasteiger partial charge is 0.369 e. The monoisotopic (exact) mass is 522 g/mol. The minimum Gasteiger partial charge on any atom is -0.369 e. The van der Waals surface area contributed by atoms with E-state index >= 15 is 0 Å². The fourth-order valence-electron chi connectivity index (χ4n) is 5.59. The third-order valence-electron chi connectivity index (χ3n) is 7.58. The molecule has 1 fully saturated rings. The van der Waals surface area contributed by atoms with Gasteiger partial charge in [0.05, 0.1) is 19.3 Å². The molecule has 0 bridgehead atoms. The van der Waals surface area contributed by atoms with Gasteiger partial charge in [-0.3, -0.25) is 14.4 Å². The van der Waals surface area contributed by atoms with Crippen LogP contribution in [0, 0.1) is 11.7 Å². The van der Waals surface area contributed by atoms with Crippen molar-refractivity contribution in [2.24, 2.45) is 11.7 Å². The summed E-state index contributed by atoms with van der Waals surface area (Å²) in [6.45, 7) is 2.69. The van der Waals surface area contributed by atoms with Crippen molar-refractivity contribution in [1.29, 1.82) is 0 Å². The topological polar surface area (TPSA) is 92.8 Å². The zero-order valence-corrected chi connectivity index (χ0v) is 21.7. The summed E-state index contributed by atoms with van der Waals surface area (Å²) in [6.07, 6.45) is 10.9. The lowest BCUT2D eigenvalue weighted by atomic mass is 9.89. The number of piperidine rings is 1. The van der Waals surface area contributed by atoms with Crippen molar-refractivity contribution >= 4 is 16.9 Å². The van der Waals surface area contributed by atoms with Crippen LogP contribution in [-0.2, 0) is 17.8 Å². The Labute approximate surface area is 226 Å². The van der Waals surface area contributed by atoms with E-state index in [9.17, 15) is 9.18 Å². The second-order valence-corrected chi connectivity index (χ2v) is 10.5. The molecule has 0 aliphatic carbocycles. The molecule has 1 aliphatic rings. The number of nitrogens with zero attached hydrogens (tertiary/aromatic N) is 4. The van der Waals surface area contributed by atoms with Gasteiger partial charge in [0, 0.05) is 40.7 Å². The number of aromatic nitrogens is 4. The number of hydrogen-bond acceptors (Lipinski definition) is 4. The van der Waals surface area contributed by atoms with Crippen molar-refractivity contribution in [1.82, 2.24) is 24.6 Å². The highest BCUT2D eigenvalue weighted by molar-refractivity contribution is 5.95. The van der Waals surface area contributed by atoms with Crippen molar-refractivity contribution in [2.45, 2.75) is 25.8 Å². The maximum Gasteiger partial charge on any atom is 0.231 e. The van der Waals surface area contributed by atoms with Gasteiger partial charge < -0.3 is 10.7 Å². The number of fused-ring (bicyclic) bond motifs is 1. The fourth-order valence-corrected chi connectivity index (χ4v) is 5.59. The minimum atomic E-state index is -0.255. The van der Waals surface area contributed by atoms with Crippen LogP contribution in [0.1, 0.15) is 24.0 Å². The van der Waals surface area contributed by atoms with E-state index in [2.05, 4.69) is 45.3 Å². The van der Waals surface area contributed by atoms with Gasteiger partial charge in [-0.2, -0.15) is 5.10 Å². The number of amides is 1. The van der Waals surface area contributed by atoms with Gasteiger partial charge in [0.1, 0.15) is 11.5 Å². The van der Waals surface area contributed by atoms with Crippen LogP contribution in [-0.4, -0.2) is 50.2 Å². The van der Waals surface area contributed by atoms with E-state index in [1.54, 1.807) is 6.07 Å². The third-order valence-corrected chi connectivity index (χ3v) is 7.58. The predicted octanol–water partition coefficient (Wildman–Crippen LogP) is 5.02. The number of primary amides is 1. The van der Waals surface area contributed by atoms with E-state index in [1.165, 1.54) is 17.7 Å². The molecule has 3 N–H and O–H groups in total. The number of carbonyl (C=O) groups excluding carboxylic acids is 1. The van der Waals surface area contributed by atoms with E-state index in [-0.39, 0.29) is 11.7 Å². The smallest absolute Gasteiger partial charge is 0.231 e. The lowest BCUT2D eigenvalue weighted by molar-refractivity contribution is -0.119. The lowest BCUT2D eigenvalue weighted by Gasteiger charge is -2.31. The number of nitrogens with two attached hydrogens (primary N) is 1. The quantitative estimate of drug-likeness (QED) is 0.299. The molecule has 4 heterocycles. The molecule has 8 heteroatoms. The normalized spacial score (nSPS) is 14.7. The molecule has 198 valence electrons. The van der Waals surface area contributed by atoms with Gasteiger partial charge in [0.25, 0.3) is 0 Å². The highest BCUT2D eigenvalue weighted by atomic mass is 19.1. The maximum atomic E-state index is 13.6. The Kier molecular flexibility index (Phi) is 6.94. The van der Waals surface area contributed by atoms with Crippen LogP contribution < -0.4 is 5.73 Å². The molecule has 1 amide bonds. The van der Waals surface area contributed by atoms with Crippen LogP contribution in [0.25, 0.3) is 33.3 Å². The number of likely N-dealkylation sites (tertiary alicyclic amines) is 1. The summed E-state index contributed by atoms with van der Waals surface area (Å²) >= 11 is 0. The number of H-pyrrole nitrogens is 1. The van der Waals surface area contributed by atoms with Crippen LogP contribution in [0.15, 0.2) is 79.4 Å². The first kappa shape index (κ1) is 25.0. The summed E-state index contributed by atoms with van der Waals surface area (Å²) in [7, 11) is 0. The predicted molar refractivity (Wildman–Crippen MR) is 150 cm³/mol. The first-order valence-corrected chi connectivity index (χ1v) is 13.3. The molecular weight excluding hydrogens is 491 g/mol. The Hall–Kier alpha value is -4.30. The van der Waals surface area contributed by atoms with Crippen LogP contribution in [0.4, 0.5) is 4.39 Å². The average molecular weight is 523 g/mol. The lowest BCUT2D eigenvalue weighted by Crippen LogP contribution is -2.39. The Balaban J connectivity index is 1.19. The number of nitrogens with one attached hydrogen (secondary N) is 1. The number of carbonyl (C=O) groups is 1. The average Bonchev–Trinajstić information content (AvgIpc) is 3.56. The second kappa shape index (κ2) is 10.8. The van der Waals surface area contributed by atoms with Crippen LogP contribution >= 0.6 is 0 Å². The number of rotatable bonds is 8. The molecule has 0 saturated carbocycles. The van der Waals surface area contributed by atoms with Crippen molar-refractivity contribution in [3.63, 3.8) is 0 Å². The van der Waals surface area contributed by atoms with Crippen molar-refractivity contribution in [3.8, 4) is 22.3 Å². The van der Waals surface area contributed by atoms with Gasteiger partial charge in [-0.05, 0) is 73.2 Å². The number of aromatic amines is 1. The fraction of sp³-hybridized carbons (Fsp3) is 0.258. The molecule has 7 nitrogen and oxygen atoms in total. The molecule has 3 aromatic heterocycles. The van der Waals surface area contributed by atoms with Crippen LogP contribution in [0.5, 0.6) is 0 Å². The summed E-state index contributed by atoms with van der Waals surface area (Å²) in [5.74, 6) is 0.102. The molecule has 0 spiro atoms. The van der Waals surface area contributed by atoms with E-state index in [4.69, 9.17) is 10.7 Å². The molecule has 0 radical (unpaired) electrons. The molecular formula is C31H31FN6O. The highest BCUT2D eigenvalue weighted by Gasteiger charge is 2.20. The molecule has 0 atom stereocenters. The van der Waals surface area contributed by atoms with Gasteiger partial charge in [-0.15, -0.1) is 0 Å². The number of pyridine rings is 1. The van der Waals surface area contributed by atoms with E-state index in [0.29, 0.717) is 19.0 Å². The van der Waals surface area contributed by atoms with E-state index in [0.717, 1.165) is 71.2 Å². The molecule has 1 aliphatic heterocycles. The summed E-state index contributed by atoms with van der Waals surface area (Å²) in [5, 5.41) is 5.54. The van der Waals surface area contributed by atoms with Gasteiger partial charge in [-0.1, -0.05) is 36.4 Å². The van der Waals surface area contributed by atoms with Crippen molar-refractivity contribution < 1.29 is 9.18 Å². The number of benzene rings is 2. The van der Waals surface area contributed by atoms with Crippen LogP contribution in [0.2, 0.25) is 0 Å². The Bertz CT molecular complexity index is 1610. The van der Waals surface area contributed by atoms with E-state index < -0.39 is 0 Å². The SMILES string of the molecule is NC(=O)CN1CCC(Cc2cccc(-c3cnc4[nH]cc(-c5cnn(Cc6cccc(F)c6)c5)c4c3)c2)CC1. The molecule has 6 rings (SSSR count). The molecule has 5 aromatic rings. The number of halogens is 1. The minimum absolute atomic E-state index is 0.246. The van der Waals surface area contributed by atoms with Gasteiger partial charge in [0.2, 0.25) is 5.91 Å². The first-order chi connectivity index (χ1) is 19.0.